The molecule has 70 heavy (non-hydrogen) atoms. The van der Waals surface area contributed by atoms with Crippen molar-refractivity contribution in [2.24, 2.45) is 0 Å². The van der Waals surface area contributed by atoms with Gasteiger partial charge in [-0.3, -0.25) is 4.79 Å². The Balaban J connectivity index is 3.68. The van der Waals surface area contributed by atoms with E-state index >= 15 is 0 Å². The first-order chi connectivity index (χ1) is 34.5. The van der Waals surface area contributed by atoms with Crippen LogP contribution in [0.1, 0.15) is 322 Å². The van der Waals surface area contributed by atoms with Crippen LogP contribution in [0.15, 0.2) is 48.6 Å². The molecule has 0 spiro atoms. The summed E-state index contributed by atoms with van der Waals surface area (Å²) in [6, 6.07) is -1.02. The second-order valence-corrected chi connectivity index (χ2v) is 21.4. The molecule has 0 heterocycles. The maximum Gasteiger partial charge on any atom is 0.249 e. The first-order valence-corrected chi connectivity index (χ1v) is 31.0. The van der Waals surface area contributed by atoms with Gasteiger partial charge in [-0.05, 0) is 89.9 Å². The van der Waals surface area contributed by atoms with E-state index in [1.54, 1.807) is 0 Å². The summed E-state index contributed by atoms with van der Waals surface area (Å²) in [6.45, 7) is 4.07. The Morgan fingerprint density at radius 1 is 0.343 bits per heavy atom. The molecule has 0 aromatic heterocycles. The molecule has 4 atom stereocenters. The van der Waals surface area contributed by atoms with Crippen LogP contribution in [0.25, 0.3) is 0 Å². The fourth-order valence-corrected chi connectivity index (χ4v) is 9.61. The molecule has 412 valence electrons. The highest BCUT2D eigenvalue weighted by molar-refractivity contribution is 5.80. The summed E-state index contributed by atoms with van der Waals surface area (Å²) in [5.41, 5.74) is 0. The number of aliphatic hydroxyl groups is 4. The number of nitrogens with one attached hydrogen (secondary N) is 1. The van der Waals surface area contributed by atoms with E-state index in [-0.39, 0.29) is 0 Å². The fraction of sp³-hybridized carbons (Fsp3) is 0.859. The molecule has 6 nitrogen and oxygen atoms in total. The van der Waals surface area contributed by atoms with E-state index in [4.69, 9.17) is 0 Å². The van der Waals surface area contributed by atoms with Gasteiger partial charge in [-0.25, -0.2) is 0 Å². The van der Waals surface area contributed by atoms with Crippen LogP contribution in [0.5, 0.6) is 0 Å². The smallest absolute Gasteiger partial charge is 0.249 e. The number of unbranched alkanes of at least 4 members (excludes halogenated alkanes) is 40. The molecule has 0 saturated carbocycles. The van der Waals surface area contributed by atoms with E-state index in [0.717, 1.165) is 51.4 Å². The van der Waals surface area contributed by atoms with Gasteiger partial charge in [0.2, 0.25) is 5.91 Å². The number of hydrogen-bond donors (Lipinski definition) is 5. The summed E-state index contributed by atoms with van der Waals surface area (Å²) in [5, 5.41) is 44.0. The van der Waals surface area contributed by atoms with Crippen LogP contribution in [0.3, 0.4) is 0 Å². The normalized spacial score (nSPS) is 14.0. The Morgan fingerprint density at radius 3 is 0.900 bits per heavy atom. The molecule has 0 saturated heterocycles. The molecule has 0 rings (SSSR count). The minimum atomic E-state index is -1.30. The van der Waals surface area contributed by atoms with Crippen LogP contribution < -0.4 is 5.32 Å². The molecule has 0 bridgehead atoms. The Labute approximate surface area is 436 Å². The van der Waals surface area contributed by atoms with Gasteiger partial charge < -0.3 is 25.7 Å². The monoisotopic (exact) mass is 984 g/mol. The quantitative estimate of drug-likeness (QED) is 0.0308. The minimum absolute atomic E-state index is 0.355. The summed E-state index contributed by atoms with van der Waals surface area (Å²) in [6.07, 6.45) is 74.9. The molecule has 0 aliphatic rings. The van der Waals surface area contributed by atoms with Gasteiger partial charge in [-0.1, -0.05) is 281 Å². The molecule has 0 fully saturated rings. The number of amides is 1. The standard InChI is InChI=1S/C64H121NO5/c1-3-5-7-9-11-13-15-17-19-21-23-25-27-29-30-31-32-33-34-36-37-39-41-43-45-47-49-51-53-55-57-61(67)63(69)60(59-66)65-64(70)62(68)58-56-54-52-50-48-46-44-42-40-38-35-28-26-24-22-20-18-16-14-12-10-8-6-4-2/h34-36,38,41,43,49,51,60-63,66-69H,3-33,37,39-40,42,44-48,50,52-59H2,1-2H3,(H,65,70)/b36-34+,38-35-,43-41+,51-49+. The first kappa shape index (κ1) is 68.3. The average Bonchev–Trinajstić information content (AvgIpc) is 3.36. The molecule has 0 aliphatic carbocycles. The molecular weight excluding hydrogens is 863 g/mol. The van der Waals surface area contributed by atoms with Gasteiger partial charge >= 0.3 is 0 Å². The predicted molar refractivity (Wildman–Crippen MR) is 307 cm³/mol. The lowest BCUT2D eigenvalue weighted by Crippen LogP contribution is -2.53. The zero-order valence-electron chi connectivity index (χ0n) is 46.8. The number of allylic oxidation sites excluding steroid dienone is 8. The molecule has 0 aromatic carbocycles. The van der Waals surface area contributed by atoms with Crippen molar-refractivity contribution in [3.05, 3.63) is 48.6 Å². The SMILES string of the molecule is CCCCCCCCCCCCCC/C=C\CCCCCCCCCCC(O)C(=O)NC(CO)C(O)C(O)CCC/C=C/CC/C=C/CC/C=C/CCCCCCCCCCCCCCCCCCC. The molecule has 0 aliphatic heterocycles. The highest BCUT2D eigenvalue weighted by Gasteiger charge is 2.28. The van der Waals surface area contributed by atoms with Gasteiger partial charge in [0.05, 0.1) is 18.8 Å². The van der Waals surface area contributed by atoms with E-state index in [1.807, 2.05) is 0 Å². The van der Waals surface area contributed by atoms with E-state index in [1.165, 1.54) is 238 Å². The Morgan fingerprint density at radius 2 is 0.600 bits per heavy atom. The van der Waals surface area contributed by atoms with Crippen LogP contribution in [0, 0.1) is 0 Å². The lowest BCUT2D eigenvalue weighted by Gasteiger charge is -2.27. The van der Waals surface area contributed by atoms with E-state index in [2.05, 4.69) is 67.8 Å². The summed E-state index contributed by atoms with van der Waals surface area (Å²) in [7, 11) is 0. The molecular formula is C64H121NO5. The fourth-order valence-electron chi connectivity index (χ4n) is 9.61. The highest BCUT2D eigenvalue weighted by Crippen LogP contribution is 2.17. The molecule has 5 N–H and O–H groups in total. The van der Waals surface area contributed by atoms with Crippen molar-refractivity contribution in [2.45, 2.75) is 346 Å². The minimum Gasteiger partial charge on any atom is -0.394 e. The first-order valence-electron chi connectivity index (χ1n) is 31.0. The van der Waals surface area contributed by atoms with Gasteiger partial charge in [-0.2, -0.15) is 0 Å². The lowest BCUT2D eigenvalue weighted by molar-refractivity contribution is -0.132. The van der Waals surface area contributed by atoms with E-state index < -0.39 is 36.9 Å². The van der Waals surface area contributed by atoms with Gasteiger partial charge in [0.25, 0.3) is 0 Å². The largest absolute Gasteiger partial charge is 0.394 e. The van der Waals surface area contributed by atoms with Gasteiger partial charge in [0.1, 0.15) is 12.2 Å². The van der Waals surface area contributed by atoms with Crippen molar-refractivity contribution >= 4 is 5.91 Å². The van der Waals surface area contributed by atoms with Gasteiger partial charge in [-0.15, -0.1) is 0 Å². The third-order valence-corrected chi connectivity index (χ3v) is 14.5. The van der Waals surface area contributed by atoms with Crippen LogP contribution in [-0.2, 0) is 4.79 Å². The number of aliphatic hydroxyl groups excluding tert-OH is 4. The van der Waals surface area contributed by atoms with Crippen LogP contribution in [0.4, 0.5) is 0 Å². The van der Waals surface area contributed by atoms with Crippen molar-refractivity contribution in [1.29, 1.82) is 0 Å². The second-order valence-electron chi connectivity index (χ2n) is 21.4. The van der Waals surface area contributed by atoms with Gasteiger partial charge in [0, 0.05) is 0 Å². The maximum atomic E-state index is 12.6. The Hall–Kier alpha value is -1.73. The lowest BCUT2D eigenvalue weighted by atomic mass is 10.00. The van der Waals surface area contributed by atoms with Crippen LogP contribution >= 0.6 is 0 Å². The third-order valence-electron chi connectivity index (χ3n) is 14.5. The molecule has 1 amide bonds. The number of carbonyl (C=O) groups is 1. The summed E-state index contributed by atoms with van der Waals surface area (Å²) in [4.78, 5) is 12.6. The Bertz CT molecular complexity index is 1150. The topological polar surface area (TPSA) is 110 Å². The van der Waals surface area contributed by atoms with Crippen molar-refractivity contribution in [3.63, 3.8) is 0 Å². The summed E-state index contributed by atoms with van der Waals surface area (Å²) >= 11 is 0. The zero-order valence-corrected chi connectivity index (χ0v) is 46.8. The van der Waals surface area contributed by atoms with Crippen molar-refractivity contribution in [1.82, 2.24) is 5.32 Å². The van der Waals surface area contributed by atoms with E-state index in [9.17, 15) is 25.2 Å². The van der Waals surface area contributed by atoms with Crippen molar-refractivity contribution in [3.8, 4) is 0 Å². The van der Waals surface area contributed by atoms with Crippen molar-refractivity contribution < 1.29 is 25.2 Å². The van der Waals surface area contributed by atoms with E-state index in [0.29, 0.717) is 19.3 Å². The Kier molecular flexibility index (Phi) is 56.7. The zero-order chi connectivity index (χ0) is 50.9. The summed E-state index contributed by atoms with van der Waals surface area (Å²) < 4.78 is 0. The summed E-state index contributed by atoms with van der Waals surface area (Å²) in [5.74, 6) is -0.599. The molecule has 4 unspecified atom stereocenters. The molecule has 0 aromatic rings. The molecule has 6 heteroatoms. The highest BCUT2D eigenvalue weighted by atomic mass is 16.3. The third kappa shape index (κ3) is 51.2. The van der Waals surface area contributed by atoms with Crippen molar-refractivity contribution in [2.75, 3.05) is 6.61 Å². The number of carbonyl (C=O) groups excluding carboxylic acids is 1. The van der Waals surface area contributed by atoms with Crippen LogP contribution in [0.2, 0.25) is 0 Å². The predicted octanol–water partition coefficient (Wildman–Crippen LogP) is 18.5. The maximum absolute atomic E-state index is 12.6. The number of hydrogen-bond acceptors (Lipinski definition) is 5. The number of rotatable bonds is 57. The molecule has 0 radical (unpaired) electrons. The average molecular weight is 985 g/mol. The van der Waals surface area contributed by atoms with Gasteiger partial charge in [0.15, 0.2) is 0 Å². The van der Waals surface area contributed by atoms with Crippen LogP contribution in [-0.4, -0.2) is 57.3 Å². The second kappa shape index (κ2) is 58.2.